The van der Waals surface area contributed by atoms with Crippen molar-refractivity contribution < 1.29 is 4.79 Å². The Morgan fingerprint density at radius 3 is 2.81 bits per heavy atom. The van der Waals surface area contributed by atoms with Crippen molar-refractivity contribution in [2.45, 2.75) is 58.9 Å². The topological polar surface area (TPSA) is 46.3 Å². The summed E-state index contributed by atoms with van der Waals surface area (Å²) in [7, 11) is 0. The number of nitrogens with two attached hydrogens (primary N) is 1. The molecule has 116 valence electrons. The number of aryl methyl sites for hydroxylation is 1. The van der Waals surface area contributed by atoms with E-state index in [1.54, 1.807) is 0 Å². The zero-order chi connectivity index (χ0) is 15.4. The summed E-state index contributed by atoms with van der Waals surface area (Å²) < 4.78 is 0. The third-order valence-electron chi connectivity index (χ3n) is 4.14. The molecule has 0 aromatic heterocycles. The molecule has 0 radical (unpaired) electrons. The molecule has 2 N–H and O–H groups in total. The first-order chi connectivity index (χ1) is 10.0. The van der Waals surface area contributed by atoms with Gasteiger partial charge in [-0.15, -0.1) is 0 Å². The van der Waals surface area contributed by atoms with Crippen LogP contribution in [0, 0.1) is 5.92 Å². The number of nitrogens with zero attached hydrogens (tertiary/aromatic N) is 1. The molecule has 1 unspecified atom stereocenters. The Balaban J connectivity index is 2.13. The Bertz CT molecular complexity index is 496. The fourth-order valence-electron chi connectivity index (χ4n) is 3.22. The molecule has 0 spiro atoms. The molecule has 1 amide bonds. The molecule has 0 aliphatic carbocycles. The maximum atomic E-state index is 12.0. The molecule has 21 heavy (non-hydrogen) atoms. The Hall–Kier alpha value is -1.35. The van der Waals surface area contributed by atoms with E-state index >= 15 is 0 Å². The zero-order valence-electron chi connectivity index (χ0n) is 13.6. The summed E-state index contributed by atoms with van der Waals surface area (Å²) >= 11 is 0. The quantitative estimate of drug-likeness (QED) is 0.903. The minimum atomic E-state index is 0.222. The molecule has 1 heterocycles. The van der Waals surface area contributed by atoms with Crippen LogP contribution in [0.2, 0.25) is 0 Å². The van der Waals surface area contributed by atoms with Crippen LogP contribution in [-0.4, -0.2) is 18.5 Å². The lowest BCUT2D eigenvalue weighted by atomic mass is 9.94. The van der Waals surface area contributed by atoms with E-state index in [1.165, 1.54) is 11.1 Å². The molecule has 1 aliphatic heterocycles. The lowest BCUT2D eigenvalue weighted by Crippen LogP contribution is -2.35. The minimum absolute atomic E-state index is 0.222. The predicted molar refractivity (Wildman–Crippen MR) is 88.5 cm³/mol. The number of hydrogen-bond donors (Lipinski definition) is 1. The lowest BCUT2D eigenvalue weighted by molar-refractivity contribution is -0.118. The number of carbonyl (C=O) groups excluding carboxylic acids is 1. The smallest absolute Gasteiger partial charge is 0.226 e. The molecule has 0 bridgehead atoms. The van der Waals surface area contributed by atoms with Gasteiger partial charge in [0.2, 0.25) is 5.91 Å². The van der Waals surface area contributed by atoms with Crippen LogP contribution in [0.25, 0.3) is 0 Å². The van der Waals surface area contributed by atoms with E-state index in [1.807, 2.05) is 11.8 Å². The minimum Gasteiger partial charge on any atom is -0.327 e. The molecule has 1 aromatic carbocycles. The van der Waals surface area contributed by atoms with Gasteiger partial charge in [0.25, 0.3) is 0 Å². The van der Waals surface area contributed by atoms with Crippen LogP contribution in [0.4, 0.5) is 5.69 Å². The van der Waals surface area contributed by atoms with Gasteiger partial charge >= 0.3 is 0 Å². The normalized spacial score (nSPS) is 16.0. The highest BCUT2D eigenvalue weighted by Crippen LogP contribution is 2.29. The third kappa shape index (κ3) is 4.07. The molecule has 3 nitrogen and oxygen atoms in total. The van der Waals surface area contributed by atoms with E-state index < -0.39 is 0 Å². The van der Waals surface area contributed by atoms with Crippen LogP contribution in [0.1, 0.15) is 51.2 Å². The second-order valence-electron chi connectivity index (χ2n) is 6.56. The molecule has 3 heteroatoms. The lowest BCUT2D eigenvalue weighted by Gasteiger charge is -2.30. The molecule has 1 atom stereocenters. The van der Waals surface area contributed by atoms with Gasteiger partial charge in [-0.05, 0) is 48.8 Å². The first kappa shape index (κ1) is 16.0. The molecule has 0 saturated heterocycles. The standard InChI is InChI=1S/C18H28N2O/c1-4-18(21)20-9-5-6-15-11-14(7-8-17(15)20)12-16(19)10-13(2)3/h7-8,11,13,16H,4-6,9-10,12,19H2,1-3H3. The molecule has 1 aromatic rings. The number of carbonyl (C=O) groups is 1. The van der Waals surface area contributed by atoms with E-state index in [-0.39, 0.29) is 11.9 Å². The number of anilines is 1. The van der Waals surface area contributed by atoms with Crippen molar-refractivity contribution in [3.63, 3.8) is 0 Å². The number of hydrogen-bond acceptors (Lipinski definition) is 2. The highest BCUT2D eigenvalue weighted by molar-refractivity contribution is 5.94. The summed E-state index contributed by atoms with van der Waals surface area (Å²) in [6, 6.07) is 6.73. The van der Waals surface area contributed by atoms with Crippen LogP contribution in [-0.2, 0) is 17.6 Å². The fourth-order valence-corrected chi connectivity index (χ4v) is 3.22. The Labute approximate surface area is 128 Å². The maximum Gasteiger partial charge on any atom is 0.226 e. The number of rotatable bonds is 5. The van der Waals surface area contributed by atoms with Gasteiger partial charge in [-0.1, -0.05) is 32.9 Å². The Morgan fingerprint density at radius 2 is 2.14 bits per heavy atom. The summed E-state index contributed by atoms with van der Waals surface area (Å²) in [6.07, 6.45) is 4.67. The van der Waals surface area contributed by atoms with Gasteiger partial charge in [-0.25, -0.2) is 0 Å². The van der Waals surface area contributed by atoms with Gasteiger partial charge in [0.15, 0.2) is 0 Å². The summed E-state index contributed by atoms with van der Waals surface area (Å²) in [6.45, 7) is 7.20. The van der Waals surface area contributed by atoms with Crippen LogP contribution in [0.15, 0.2) is 18.2 Å². The second kappa shape index (κ2) is 7.08. The average molecular weight is 288 g/mol. The van der Waals surface area contributed by atoms with Crippen molar-refractivity contribution in [2.24, 2.45) is 11.7 Å². The molecular formula is C18H28N2O. The van der Waals surface area contributed by atoms with Crippen molar-refractivity contribution in [1.29, 1.82) is 0 Å². The van der Waals surface area contributed by atoms with Crippen molar-refractivity contribution in [3.05, 3.63) is 29.3 Å². The summed E-state index contributed by atoms with van der Waals surface area (Å²) in [5.41, 5.74) is 9.92. The Morgan fingerprint density at radius 1 is 1.38 bits per heavy atom. The molecular weight excluding hydrogens is 260 g/mol. The second-order valence-corrected chi connectivity index (χ2v) is 6.56. The van der Waals surface area contributed by atoms with Crippen molar-refractivity contribution in [3.8, 4) is 0 Å². The van der Waals surface area contributed by atoms with Gasteiger partial charge in [-0.3, -0.25) is 4.79 Å². The van der Waals surface area contributed by atoms with Crippen LogP contribution < -0.4 is 10.6 Å². The Kier molecular flexibility index (Phi) is 5.40. The summed E-state index contributed by atoms with van der Waals surface area (Å²) in [4.78, 5) is 14.0. The van der Waals surface area contributed by atoms with E-state index in [2.05, 4.69) is 32.0 Å². The van der Waals surface area contributed by atoms with Gasteiger partial charge in [-0.2, -0.15) is 0 Å². The summed E-state index contributed by atoms with van der Waals surface area (Å²) in [5.74, 6) is 0.857. The first-order valence-electron chi connectivity index (χ1n) is 8.19. The molecule has 0 saturated carbocycles. The van der Waals surface area contributed by atoms with E-state index in [9.17, 15) is 4.79 Å². The van der Waals surface area contributed by atoms with Crippen molar-refractivity contribution >= 4 is 11.6 Å². The van der Waals surface area contributed by atoms with Crippen LogP contribution >= 0.6 is 0 Å². The summed E-state index contributed by atoms with van der Waals surface area (Å²) in [5, 5.41) is 0. The first-order valence-corrected chi connectivity index (χ1v) is 8.19. The maximum absolute atomic E-state index is 12.0. The van der Waals surface area contributed by atoms with Crippen molar-refractivity contribution in [2.75, 3.05) is 11.4 Å². The van der Waals surface area contributed by atoms with Gasteiger partial charge in [0.1, 0.15) is 0 Å². The number of amides is 1. The van der Waals surface area contributed by atoms with E-state index in [0.717, 1.165) is 37.9 Å². The van der Waals surface area contributed by atoms with Crippen LogP contribution in [0.5, 0.6) is 0 Å². The average Bonchev–Trinajstić information content (AvgIpc) is 2.44. The van der Waals surface area contributed by atoms with Gasteiger partial charge < -0.3 is 10.6 Å². The van der Waals surface area contributed by atoms with Gasteiger partial charge in [0, 0.05) is 24.7 Å². The third-order valence-corrected chi connectivity index (χ3v) is 4.14. The van der Waals surface area contributed by atoms with Crippen LogP contribution in [0.3, 0.4) is 0 Å². The predicted octanol–water partition coefficient (Wildman–Crippen LogP) is 3.29. The van der Waals surface area contributed by atoms with E-state index in [0.29, 0.717) is 12.3 Å². The largest absolute Gasteiger partial charge is 0.327 e. The molecule has 1 aliphatic rings. The van der Waals surface area contributed by atoms with Gasteiger partial charge in [0.05, 0.1) is 0 Å². The molecule has 2 rings (SSSR count). The zero-order valence-corrected chi connectivity index (χ0v) is 13.6. The fraction of sp³-hybridized carbons (Fsp3) is 0.611. The highest BCUT2D eigenvalue weighted by atomic mass is 16.2. The SMILES string of the molecule is CCC(=O)N1CCCc2cc(CC(N)CC(C)C)ccc21. The molecule has 0 fully saturated rings. The number of fused-ring (bicyclic) bond motifs is 1. The number of benzene rings is 1. The van der Waals surface area contributed by atoms with E-state index in [4.69, 9.17) is 5.73 Å². The van der Waals surface area contributed by atoms with Crippen molar-refractivity contribution in [1.82, 2.24) is 0 Å². The monoisotopic (exact) mass is 288 g/mol. The highest BCUT2D eigenvalue weighted by Gasteiger charge is 2.21.